The summed E-state index contributed by atoms with van der Waals surface area (Å²) in [7, 11) is 3.74. The van der Waals surface area contributed by atoms with E-state index in [1.54, 1.807) is 33.8 Å². The molecule has 1 saturated heterocycles. The van der Waals surface area contributed by atoms with E-state index in [9.17, 15) is 29.7 Å². The van der Waals surface area contributed by atoms with Crippen LogP contribution >= 0.6 is 0 Å². The summed E-state index contributed by atoms with van der Waals surface area (Å²) in [5.74, 6) is -3.19. The molecule has 236 valence electrons. The lowest BCUT2D eigenvalue weighted by Gasteiger charge is -2.44. The summed E-state index contributed by atoms with van der Waals surface area (Å²) in [6.07, 6.45) is -0.700. The Labute approximate surface area is 245 Å². The zero-order valence-electron chi connectivity index (χ0n) is 26.0. The van der Waals surface area contributed by atoms with E-state index in [1.165, 1.54) is 6.08 Å². The number of ketones is 1. The maximum absolute atomic E-state index is 13.1. The third kappa shape index (κ3) is 9.66. The number of esters is 1. The van der Waals surface area contributed by atoms with Crippen LogP contribution in [-0.2, 0) is 28.6 Å². The summed E-state index contributed by atoms with van der Waals surface area (Å²) >= 11 is 0. The number of carbonyl (C=O) groups is 3. The summed E-state index contributed by atoms with van der Waals surface area (Å²) in [4.78, 5) is 39.8. The Balaban J connectivity index is 2.48. The predicted molar refractivity (Wildman–Crippen MR) is 154 cm³/mol. The van der Waals surface area contributed by atoms with Gasteiger partial charge in [-0.05, 0) is 52.3 Å². The van der Waals surface area contributed by atoms with Gasteiger partial charge in [0, 0.05) is 36.1 Å². The third-order valence-corrected chi connectivity index (χ3v) is 8.99. The van der Waals surface area contributed by atoms with Gasteiger partial charge in [0.15, 0.2) is 12.1 Å². The van der Waals surface area contributed by atoms with Crippen molar-refractivity contribution in [3.8, 4) is 0 Å². The van der Waals surface area contributed by atoms with Crippen molar-refractivity contribution in [2.24, 2.45) is 29.6 Å². The first-order valence-electron chi connectivity index (χ1n) is 15.1. The lowest BCUT2D eigenvalue weighted by molar-refractivity contribution is -0.283. The molecule has 13 atom stereocenters. The molecule has 0 aromatic rings. The number of allylic oxidation sites excluding steroid dienone is 1. The second kappa shape index (κ2) is 16.2. The Hall–Kier alpha value is -1.69. The number of cyclic esters (lactones) is 1. The fourth-order valence-electron chi connectivity index (χ4n) is 6.11. The highest BCUT2D eigenvalue weighted by atomic mass is 16.7. The standard InChI is InChI=1S/C31H53NO9/c1-9-26-21(6)28(37)17(2)10-11-24(34)18(3)14-22(12-13-33)30(20(5)25(35)16-27(36)40-26)41-31-29(38)23(32(7)8)15-19(4)39-31/h10-11,13,17-23,25-26,28-31,35,37-38H,9,12,14-16H2,1-8H3/b11-10+/t17?,18?,19-,20?,21?,22?,23+,25?,26?,28?,29-,30?,31+/m1/s1. The molecule has 41 heavy (non-hydrogen) atoms. The first-order valence-corrected chi connectivity index (χ1v) is 15.1. The van der Waals surface area contributed by atoms with Crippen LogP contribution < -0.4 is 0 Å². The zero-order chi connectivity index (χ0) is 31.0. The lowest BCUT2D eigenvalue weighted by Crippen LogP contribution is -2.56. The summed E-state index contributed by atoms with van der Waals surface area (Å²) in [6.45, 7) is 10.9. The van der Waals surface area contributed by atoms with E-state index in [-0.39, 0.29) is 43.1 Å². The molecule has 9 unspecified atom stereocenters. The van der Waals surface area contributed by atoms with Crippen LogP contribution in [0.1, 0.15) is 73.6 Å². The van der Waals surface area contributed by atoms with Crippen molar-refractivity contribution in [2.75, 3.05) is 14.1 Å². The van der Waals surface area contributed by atoms with E-state index in [4.69, 9.17) is 14.2 Å². The molecule has 2 aliphatic heterocycles. The van der Waals surface area contributed by atoms with E-state index in [0.29, 0.717) is 12.8 Å². The molecule has 0 aliphatic carbocycles. The van der Waals surface area contributed by atoms with E-state index in [0.717, 1.165) is 6.29 Å². The van der Waals surface area contributed by atoms with Crippen molar-refractivity contribution in [1.29, 1.82) is 0 Å². The molecular formula is C31H53NO9. The highest BCUT2D eigenvalue weighted by Crippen LogP contribution is 2.34. The van der Waals surface area contributed by atoms with Gasteiger partial charge < -0.3 is 39.2 Å². The summed E-state index contributed by atoms with van der Waals surface area (Å²) in [5, 5.41) is 33.3. The molecule has 10 nitrogen and oxygen atoms in total. The van der Waals surface area contributed by atoms with Crippen LogP contribution in [0, 0.1) is 29.6 Å². The number of hydrogen-bond donors (Lipinski definition) is 3. The maximum atomic E-state index is 13.1. The lowest BCUT2D eigenvalue weighted by atomic mass is 9.79. The van der Waals surface area contributed by atoms with Crippen molar-refractivity contribution in [3.63, 3.8) is 0 Å². The zero-order valence-corrected chi connectivity index (χ0v) is 26.0. The van der Waals surface area contributed by atoms with Crippen molar-refractivity contribution in [1.82, 2.24) is 4.90 Å². The molecule has 2 aliphatic rings. The highest BCUT2D eigenvalue weighted by Gasteiger charge is 2.43. The van der Waals surface area contributed by atoms with Crippen LogP contribution in [0.2, 0.25) is 0 Å². The molecule has 2 rings (SSSR count). The number of carbonyl (C=O) groups excluding carboxylic acids is 3. The molecule has 0 aromatic carbocycles. The Kier molecular flexibility index (Phi) is 14.1. The van der Waals surface area contributed by atoms with Gasteiger partial charge in [-0.25, -0.2) is 0 Å². The van der Waals surface area contributed by atoms with Crippen LogP contribution in [0.4, 0.5) is 0 Å². The van der Waals surface area contributed by atoms with Crippen LogP contribution in [0.3, 0.4) is 0 Å². The fourth-order valence-corrected chi connectivity index (χ4v) is 6.11. The number of aldehydes is 1. The SMILES string of the molecule is CCC1OC(=O)CC(O)C(C)C(O[C@@H]2O[C@H](C)C[C@H](N(C)C)[C@H]2O)C(CC=O)CC(C)C(=O)/C=C/C(C)C(O)C1C. The topological polar surface area (TPSA) is 143 Å². The highest BCUT2D eigenvalue weighted by molar-refractivity contribution is 5.91. The molecule has 0 aromatic heterocycles. The minimum Gasteiger partial charge on any atom is -0.462 e. The molecule has 0 saturated carbocycles. The summed E-state index contributed by atoms with van der Waals surface area (Å²) in [5.41, 5.74) is 0. The second-order valence-corrected chi connectivity index (χ2v) is 12.5. The average molecular weight is 584 g/mol. The Morgan fingerprint density at radius 2 is 1.68 bits per heavy atom. The van der Waals surface area contributed by atoms with Crippen molar-refractivity contribution < 1.29 is 43.9 Å². The largest absolute Gasteiger partial charge is 0.462 e. The van der Waals surface area contributed by atoms with Crippen molar-refractivity contribution in [3.05, 3.63) is 12.2 Å². The Bertz CT molecular complexity index is 880. The number of rotatable bonds is 6. The van der Waals surface area contributed by atoms with Gasteiger partial charge in [0.2, 0.25) is 0 Å². The van der Waals surface area contributed by atoms with Gasteiger partial charge in [0.1, 0.15) is 18.5 Å². The Morgan fingerprint density at radius 1 is 1.02 bits per heavy atom. The van der Waals surface area contributed by atoms with E-state index in [1.807, 2.05) is 32.8 Å². The van der Waals surface area contributed by atoms with Crippen molar-refractivity contribution >= 4 is 18.0 Å². The number of likely N-dealkylation sites (N-methyl/N-ethyl adjacent to an activating group) is 1. The maximum Gasteiger partial charge on any atom is 0.308 e. The number of aliphatic hydroxyl groups excluding tert-OH is 3. The Morgan fingerprint density at radius 3 is 2.27 bits per heavy atom. The average Bonchev–Trinajstić information content (AvgIpc) is 2.92. The summed E-state index contributed by atoms with van der Waals surface area (Å²) < 4.78 is 18.1. The van der Waals surface area contributed by atoms with E-state index < -0.39 is 66.5 Å². The van der Waals surface area contributed by atoms with Crippen molar-refractivity contribution in [2.45, 2.75) is 123 Å². The number of hydrogen-bond acceptors (Lipinski definition) is 10. The molecule has 2 heterocycles. The molecule has 0 bridgehead atoms. The van der Waals surface area contributed by atoms with Gasteiger partial charge in [0.25, 0.3) is 0 Å². The first kappa shape index (κ1) is 35.5. The minimum absolute atomic E-state index is 0.0491. The van der Waals surface area contributed by atoms with Gasteiger partial charge in [-0.3, -0.25) is 9.59 Å². The fraction of sp³-hybridized carbons (Fsp3) is 0.839. The van der Waals surface area contributed by atoms with Crippen LogP contribution in [0.25, 0.3) is 0 Å². The number of aliphatic hydroxyl groups is 3. The van der Waals surface area contributed by atoms with E-state index in [2.05, 4.69) is 0 Å². The number of nitrogens with zero attached hydrogens (tertiary/aromatic N) is 1. The molecule has 1 fully saturated rings. The van der Waals surface area contributed by atoms with Crippen LogP contribution in [0.15, 0.2) is 12.2 Å². The van der Waals surface area contributed by atoms with Gasteiger partial charge in [-0.15, -0.1) is 0 Å². The predicted octanol–water partition coefficient (Wildman–Crippen LogP) is 2.51. The molecule has 0 radical (unpaired) electrons. The van der Waals surface area contributed by atoms with Gasteiger partial charge >= 0.3 is 5.97 Å². The quantitative estimate of drug-likeness (QED) is 0.315. The minimum atomic E-state index is -1.19. The first-order chi connectivity index (χ1) is 19.2. The van der Waals surface area contributed by atoms with Gasteiger partial charge in [0.05, 0.1) is 30.8 Å². The second-order valence-electron chi connectivity index (χ2n) is 12.5. The molecule has 10 heteroatoms. The normalized spacial score (nSPS) is 43.0. The van der Waals surface area contributed by atoms with Gasteiger partial charge in [-0.2, -0.15) is 0 Å². The van der Waals surface area contributed by atoms with E-state index >= 15 is 0 Å². The van der Waals surface area contributed by atoms with Gasteiger partial charge in [-0.1, -0.05) is 40.7 Å². The third-order valence-electron chi connectivity index (χ3n) is 8.99. The molecular weight excluding hydrogens is 530 g/mol. The van der Waals surface area contributed by atoms with Crippen LogP contribution in [0.5, 0.6) is 0 Å². The number of ether oxygens (including phenoxy) is 3. The smallest absolute Gasteiger partial charge is 0.308 e. The summed E-state index contributed by atoms with van der Waals surface area (Å²) in [6, 6.07) is -0.231. The monoisotopic (exact) mass is 583 g/mol. The van der Waals surface area contributed by atoms with Crippen LogP contribution in [-0.4, -0.2) is 101 Å². The molecule has 3 N–H and O–H groups in total. The molecule has 0 spiro atoms. The molecule has 0 amide bonds.